The van der Waals surface area contributed by atoms with E-state index >= 15 is 0 Å². The van der Waals surface area contributed by atoms with Crippen LogP contribution in [0.5, 0.6) is 0 Å². The molecule has 4 nitrogen and oxygen atoms in total. The van der Waals surface area contributed by atoms with Gasteiger partial charge in [-0.25, -0.2) is 0 Å². The van der Waals surface area contributed by atoms with E-state index in [0.717, 1.165) is 25.4 Å². The number of anilines is 1. The van der Waals surface area contributed by atoms with Gasteiger partial charge in [-0.3, -0.25) is 0 Å². The SMILES string of the molecule is CC1CCN(c2nc(Cl)nc(Cl)n2)CC1C. The fraction of sp³-hybridized carbons (Fsp3) is 0.700. The molecule has 16 heavy (non-hydrogen) atoms. The van der Waals surface area contributed by atoms with Crippen molar-refractivity contribution in [3.8, 4) is 0 Å². The Morgan fingerprint density at radius 1 is 1.06 bits per heavy atom. The third-order valence-electron chi connectivity index (χ3n) is 3.19. The van der Waals surface area contributed by atoms with Gasteiger partial charge in [0.15, 0.2) is 0 Å². The maximum Gasteiger partial charge on any atom is 0.230 e. The molecule has 1 aliphatic rings. The maximum atomic E-state index is 5.76. The average molecular weight is 261 g/mol. The molecule has 2 unspecified atom stereocenters. The topological polar surface area (TPSA) is 41.9 Å². The van der Waals surface area contributed by atoms with Crippen LogP contribution in [0, 0.1) is 11.8 Å². The summed E-state index contributed by atoms with van der Waals surface area (Å²) in [5, 5.41) is 0.308. The zero-order valence-corrected chi connectivity index (χ0v) is 10.8. The van der Waals surface area contributed by atoms with Crippen molar-refractivity contribution in [3.63, 3.8) is 0 Å². The predicted molar refractivity (Wildman–Crippen MR) is 65.0 cm³/mol. The minimum absolute atomic E-state index is 0.154. The van der Waals surface area contributed by atoms with Crippen LogP contribution in [-0.4, -0.2) is 28.0 Å². The Morgan fingerprint density at radius 2 is 1.69 bits per heavy atom. The zero-order chi connectivity index (χ0) is 11.7. The van der Waals surface area contributed by atoms with E-state index in [2.05, 4.69) is 33.7 Å². The highest BCUT2D eigenvalue weighted by atomic mass is 35.5. The van der Waals surface area contributed by atoms with Crippen molar-refractivity contribution in [3.05, 3.63) is 10.6 Å². The van der Waals surface area contributed by atoms with Crippen molar-refractivity contribution in [2.75, 3.05) is 18.0 Å². The predicted octanol–water partition coefficient (Wildman–Crippen LogP) is 2.66. The number of piperidine rings is 1. The van der Waals surface area contributed by atoms with Crippen LogP contribution in [0.3, 0.4) is 0 Å². The highest BCUT2D eigenvalue weighted by Crippen LogP contribution is 2.25. The second-order valence-electron chi connectivity index (χ2n) is 4.36. The summed E-state index contributed by atoms with van der Waals surface area (Å²) in [6.07, 6.45) is 1.14. The molecular weight excluding hydrogens is 247 g/mol. The lowest BCUT2D eigenvalue weighted by atomic mass is 9.89. The molecule has 2 heterocycles. The number of nitrogens with zero attached hydrogens (tertiary/aromatic N) is 4. The summed E-state index contributed by atoms with van der Waals surface area (Å²) in [5.74, 6) is 1.95. The van der Waals surface area contributed by atoms with Gasteiger partial charge in [0.1, 0.15) is 0 Å². The number of hydrogen-bond acceptors (Lipinski definition) is 4. The van der Waals surface area contributed by atoms with Crippen molar-refractivity contribution in [1.82, 2.24) is 15.0 Å². The van der Waals surface area contributed by atoms with Gasteiger partial charge < -0.3 is 4.90 Å². The van der Waals surface area contributed by atoms with Gasteiger partial charge in [-0.1, -0.05) is 13.8 Å². The second kappa shape index (κ2) is 4.72. The van der Waals surface area contributed by atoms with Crippen molar-refractivity contribution in [2.24, 2.45) is 11.8 Å². The van der Waals surface area contributed by atoms with E-state index in [9.17, 15) is 0 Å². The molecule has 0 radical (unpaired) electrons. The molecule has 0 N–H and O–H groups in total. The van der Waals surface area contributed by atoms with Gasteiger partial charge in [0.2, 0.25) is 16.5 Å². The summed E-state index contributed by atoms with van der Waals surface area (Å²) in [7, 11) is 0. The molecular formula is C10H14Cl2N4. The Bertz CT molecular complexity index is 365. The molecule has 2 rings (SSSR count). The number of halogens is 2. The van der Waals surface area contributed by atoms with Gasteiger partial charge in [-0.15, -0.1) is 0 Å². The van der Waals surface area contributed by atoms with Crippen molar-refractivity contribution >= 4 is 29.2 Å². The molecule has 0 spiro atoms. The summed E-state index contributed by atoms with van der Waals surface area (Å²) in [4.78, 5) is 14.1. The lowest BCUT2D eigenvalue weighted by Crippen LogP contribution is -2.39. The molecule has 6 heteroatoms. The Morgan fingerprint density at radius 3 is 2.25 bits per heavy atom. The Balaban J connectivity index is 2.18. The average Bonchev–Trinajstić information content (AvgIpc) is 2.20. The van der Waals surface area contributed by atoms with E-state index in [4.69, 9.17) is 23.2 Å². The number of aromatic nitrogens is 3. The lowest BCUT2D eigenvalue weighted by molar-refractivity contribution is 0.321. The van der Waals surface area contributed by atoms with E-state index in [-0.39, 0.29) is 10.6 Å². The second-order valence-corrected chi connectivity index (χ2v) is 5.04. The van der Waals surface area contributed by atoms with Crippen LogP contribution >= 0.6 is 23.2 Å². The van der Waals surface area contributed by atoms with Crippen LogP contribution in [0.2, 0.25) is 10.6 Å². The summed E-state index contributed by atoms with van der Waals surface area (Å²) < 4.78 is 0. The van der Waals surface area contributed by atoms with E-state index in [1.54, 1.807) is 0 Å². The van der Waals surface area contributed by atoms with Crippen LogP contribution in [0.1, 0.15) is 20.3 Å². The Kier molecular flexibility index (Phi) is 3.50. The fourth-order valence-electron chi connectivity index (χ4n) is 1.90. The summed E-state index contributed by atoms with van der Waals surface area (Å²) >= 11 is 11.5. The van der Waals surface area contributed by atoms with Gasteiger partial charge in [0.25, 0.3) is 0 Å². The molecule has 1 fully saturated rings. The highest BCUT2D eigenvalue weighted by Gasteiger charge is 2.24. The first-order valence-electron chi connectivity index (χ1n) is 5.38. The van der Waals surface area contributed by atoms with Crippen LogP contribution in [0.4, 0.5) is 5.95 Å². The van der Waals surface area contributed by atoms with Gasteiger partial charge in [0.05, 0.1) is 0 Å². The van der Waals surface area contributed by atoms with Crippen LogP contribution in [0.15, 0.2) is 0 Å². The molecule has 88 valence electrons. The molecule has 0 saturated carbocycles. The van der Waals surface area contributed by atoms with Crippen molar-refractivity contribution < 1.29 is 0 Å². The van der Waals surface area contributed by atoms with E-state index in [0.29, 0.717) is 11.9 Å². The van der Waals surface area contributed by atoms with Crippen LogP contribution in [-0.2, 0) is 0 Å². The largest absolute Gasteiger partial charge is 0.340 e. The molecule has 1 aromatic heterocycles. The molecule has 0 bridgehead atoms. The maximum absolute atomic E-state index is 5.76. The summed E-state index contributed by atoms with van der Waals surface area (Å²) in [5.41, 5.74) is 0. The normalized spacial score (nSPS) is 25.9. The summed E-state index contributed by atoms with van der Waals surface area (Å²) in [6, 6.07) is 0. The van der Waals surface area contributed by atoms with E-state index < -0.39 is 0 Å². The molecule has 1 aromatic rings. The van der Waals surface area contributed by atoms with Gasteiger partial charge >= 0.3 is 0 Å². The molecule has 1 saturated heterocycles. The standard InChI is InChI=1S/C10H14Cl2N4/c1-6-3-4-16(5-7(6)2)10-14-8(11)13-9(12)15-10/h6-7H,3-5H2,1-2H3. The third-order valence-corrected chi connectivity index (χ3v) is 3.52. The monoisotopic (exact) mass is 260 g/mol. The first kappa shape index (κ1) is 11.9. The number of rotatable bonds is 1. The Labute approximate surface area is 105 Å². The highest BCUT2D eigenvalue weighted by molar-refractivity contribution is 6.31. The van der Waals surface area contributed by atoms with E-state index in [1.165, 1.54) is 0 Å². The fourth-order valence-corrected chi connectivity index (χ4v) is 2.26. The third kappa shape index (κ3) is 2.55. The Hall–Kier alpha value is -0.610. The van der Waals surface area contributed by atoms with Crippen LogP contribution in [0.25, 0.3) is 0 Å². The van der Waals surface area contributed by atoms with E-state index in [1.807, 2.05) is 0 Å². The molecule has 0 amide bonds. The number of hydrogen-bond donors (Lipinski definition) is 0. The smallest absolute Gasteiger partial charge is 0.230 e. The van der Waals surface area contributed by atoms with Crippen molar-refractivity contribution in [1.29, 1.82) is 0 Å². The first-order chi connectivity index (χ1) is 7.56. The quantitative estimate of drug-likeness (QED) is 0.779. The van der Waals surface area contributed by atoms with Crippen molar-refractivity contribution in [2.45, 2.75) is 20.3 Å². The minimum Gasteiger partial charge on any atom is -0.340 e. The van der Waals surface area contributed by atoms with Gasteiger partial charge in [0, 0.05) is 13.1 Å². The first-order valence-corrected chi connectivity index (χ1v) is 6.14. The molecule has 0 aliphatic carbocycles. The minimum atomic E-state index is 0.154. The van der Waals surface area contributed by atoms with Gasteiger partial charge in [-0.05, 0) is 41.5 Å². The summed E-state index contributed by atoms with van der Waals surface area (Å²) in [6.45, 7) is 6.40. The zero-order valence-electron chi connectivity index (χ0n) is 9.32. The molecule has 1 aliphatic heterocycles. The van der Waals surface area contributed by atoms with Gasteiger partial charge in [-0.2, -0.15) is 15.0 Å². The molecule has 0 aromatic carbocycles. The van der Waals surface area contributed by atoms with Crippen LogP contribution < -0.4 is 4.90 Å². The molecule has 2 atom stereocenters. The lowest BCUT2D eigenvalue weighted by Gasteiger charge is -2.35.